The first-order valence-corrected chi connectivity index (χ1v) is 10.9. The second-order valence-corrected chi connectivity index (χ2v) is 8.72. The summed E-state index contributed by atoms with van der Waals surface area (Å²) in [5.74, 6) is 1.62. The number of methoxy groups -OCH3 is 1. The highest BCUT2D eigenvalue weighted by Gasteiger charge is 2.40. The molecule has 7 nitrogen and oxygen atoms in total. The lowest BCUT2D eigenvalue weighted by atomic mass is 9.83. The number of nitrogens with one attached hydrogen (secondary N) is 1. The van der Waals surface area contributed by atoms with Crippen molar-refractivity contribution in [3.63, 3.8) is 0 Å². The van der Waals surface area contributed by atoms with Crippen molar-refractivity contribution in [2.24, 2.45) is 5.92 Å². The van der Waals surface area contributed by atoms with Gasteiger partial charge in [0.2, 0.25) is 0 Å². The summed E-state index contributed by atoms with van der Waals surface area (Å²) in [5, 5.41) is 7.35. The van der Waals surface area contributed by atoms with E-state index in [-0.39, 0.29) is 17.9 Å². The van der Waals surface area contributed by atoms with Crippen LogP contribution in [0.4, 0.5) is 0 Å². The average molecular weight is 409 g/mol. The van der Waals surface area contributed by atoms with Crippen LogP contribution in [0.2, 0.25) is 0 Å². The molecule has 0 bridgehead atoms. The lowest BCUT2D eigenvalue weighted by Crippen LogP contribution is -2.56. The smallest absolute Gasteiger partial charge is 0.274 e. The first-order valence-electron chi connectivity index (χ1n) is 10.9. The number of carbonyl (C=O) groups is 2. The Bertz CT molecular complexity index is 951. The standard InChI is InChI=1S/C23H28N4O3/c1-30-18-6-2-4-16(12-18)22(28)26-11-9-21-17(14-26)5-3-10-27(21)23(29)20-13-19(24-25-20)15-7-8-15/h2,4,6,12-13,15,17,21H,3,5,7-11,14H2,1H3,(H,24,25)/t17-,21-/m1/s1. The van der Waals surface area contributed by atoms with Gasteiger partial charge in [-0.1, -0.05) is 6.07 Å². The lowest BCUT2D eigenvalue weighted by molar-refractivity contribution is 0.0194. The van der Waals surface area contributed by atoms with Gasteiger partial charge in [-0.05, 0) is 62.3 Å². The van der Waals surface area contributed by atoms with Gasteiger partial charge in [-0.15, -0.1) is 0 Å². The molecule has 2 aliphatic heterocycles. The van der Waals surface area contributed by atoms with E-state index in [1.165, 1.54) is 12.8 Å². The number of ether oxygens (including phenoxy) is 1. The number of H-pyrrole nitrogens is 1. The first kappa shape index (κ1) is 19.2. The van der Waals surface area contributed by atoms with Gasteiger partial charge in [0, 0.05) is 42.9 Å². The zero-order chi connectivity index (χ0) is 20.7. The molecule has 0 radical (unpaired) electrons. The van der Waals surface area contributed by atoms with Crippen molar-refractivity contribution in [1.82, 2.24) is 20.0 Å². The summed E-state index contributed by atoms with van der Waals surface area (Å²) in [5.41, 5.74) is 2.28. The van der Waals surface area contributed by atoms with Crippen molar-refractivity contribution in [3.8, 4) is 5.75 Å². The molecular formula is C23H28N4O3. The highest BCUT2D eigenvalue weighted by molar-refractivity contribution is 5.95. The van der Waals surface area contributed by atoms with Gasteiger partial charge in [0.05, 0.1) is 7.11 Å². The number of nitrogens with zero attached hydrogens (tertiary/aromatic N) is 3. The first-order chi connectivity index (χ1) is 14.6. The van der Waals surface area contributed by atoms with Gasteiger partial charge in [0.1, 0.15) is 11.4 Å². The summed E-state index contributed by atoms with van der Waals surface area (Å²) in [4.78, 5) is 30.1. The van der Waals surface area contributed by atoms with E-state index in [1.807, 2.05) is 34.1 Å². The highest BCUT2D eigenvalue weighted by Crippen LogP contribution is 2.39. The molecule has 3 heterocycles. The summed E-state index contributed by atoms with van der Waals surface area (Å²) in [6.45, 7) is 2.13. The fourth-order valence-electron chi connectivity index (χ4n) is 4.98. The Kier molecular flexibility index (Phi) is 4.97. The Morgan fingerprint density at radius 2 is 1.97 bits per heavy atom. The molecule has 2 amide bonds. The van der Waals surface area contributed by atoms with Crippen LogP contribution in [0.25, 0.3) is 0 Å². The second kappa shape index (κ2) is 7.78. The molecular weight excluding hydrogens is 380 g/mol. The minimum Gasteiger partial charge on any atom is -0.497 e. The molecule has 3 aliphatic rings. The van der Waals surface area contributed by atoms with E-state index in [0.717, 1.165) is 31.5 Å². The maximum Gasteiger partial charge on any atom is 0.274 e. The minimum atomic E-state index is 0.0282. The lowest BCUT2D eigenvalue weighted by Gasteiger charge is -2.47. The van der Waals surface area contributed by atoms with E-state index in [2.05, 4.69) is 10.2 Å². The molecule has 5 rings (SSSR count). The zero-order valence-corrected chi connectivity index (χ0v) is 17.3. The number of aromatic nitrogens is 2. The van der Waals surface area contributed by atoms with E-state index in [1.54, 1.807) is 13.2 Å². The number of hydrogen-bond acceptors (Lipinski definition) is 4. The topological polar surface area (TPSA) is 78.5 Å². The summed E-state index contributed by atoms with van der Waals surface area (Å²) >= 11 is 0. The number of amides is 2. The van der Waals surface area contributed by atoms with Crippen molar-refractivity contribution in [3.05, 3.63) is 47.3 Å². The molecule has 30 heavy (non-hydrogen) atoms. The largest absolute Gasteiger partial charge is 0.497 e. The Hall–Kier alpha value is -2.83. The van der Waals surface area contributed by atoms with Gasteiger partial charge in [-0.2, -0.15) is 5.10 Å². The highest BCUT2D eigenvalue weighted by atomic mass is 16.5. The molecule has 1 aromatic carbocycles. The summed E-state index contributed by atoms with van der Waals surface area (Å²) in [7, 11) is 1.61. The molecule has 1 saturated carbocycles. The number of piperidine rings is 2. The maximum absolute atomic E-state index is 13.2. The third-order valence-electron chi connectivity index (χ3n) is 6.77. The van der Waals surface area contributed by atoms with Crippen molar-refractivity contribution in [1.29, 1.82) is 0 Å². The molecule has 1 N–H and O–H groups in total. The number of aromatic amines is 1. The molecule has 2 atom stereocenters. The second-order valence-electron chi connectivity index (χ2n) is 8.72. The van der Waals surface area contributed by atoms with Crippen LogP contribution in [0.3, 0.4) is 0 Å². The molecule has 1 aromatic heterocycles. The van der Waals surface area contributed by atoms with Crippen molar-refractivity contribution < 1.29 is 14.3 Å². The number of benzene rings is 1. The number of rotatable bonds is 4. The normalized spacial score (nSPS) is 23.8. The fourth-order valence-corrected chi connectivity index (χ4v) is 4.98. The van der Waals surface area contributed by atoms with Gasteiger partial charge in [0.25, 0.3) is 11.8 Å². The van der Waals surface area contributed by atoms with Crippen LogP contribution in [0.1, 0.15) is 64.6 Å². The van der Waals surface area contributed by atoms with Crippen LogP contribution < -0.4 is 4.74 Å². The third kappa shape index (κ3) is 3.57. The SMILES string of the molecule is COc1cccc(C(=O)N2CC[C@@H]3[C@H](CCCN3C(=O)c3cc(C4CC4)[nH]n3)C2)c1. The predicted molar refractivity (Wildman–Crippen MR) is 112 cm³/mol. The fraction of sp³-hybridized carbons (Fsp3) is 0.522. The number of fused-ring (bicyclic) bond motifs is 1. The van der Waals surface area contributed by atoms with Crippen molar-refractivity contribution in [2.45, 2.75) is 44.1 Å². The third-order valence-corrected chi connectivity index (χ3v) is 6.77. The predicted octanol–water partition coefficient (Wildman–Crippen LogP) is 3.06. The minimum absolute atomic E-state index is 0.0282. The molecule has 2 aromatic rings. The molecule has 0 spiro atoms. The summed E-state index contributed by atoms with van der Waals surface area (Å²) in [6, 6.07) is 9.44. The van der Waals surface area contributed by atoms with Gasteiger partial charge >= 0.3 is 0 Å². The quantitative estimate of drug-likeness (QED) is 0.843. The van der Waals surface area contributed by atoms with E-state index in [0.29, 0.717) is 41.9 Å². The van der Waals surface area contributed by atoms with Gasteiger partial charge in [-0.25, -0.2) is 0 Å². The number of likely N-dealkylation sites (tertiary alicyclic amines) is 2. The van der Waals surface area contributed by atoms with Crippen LogP contribution in [0.15, 0.2) is 30.3 Å². The molecule has 3 fully saturated rings. The van der Waals surface area contributed by atoms with Crippen LogP contribution in [-0.4, -0.2) is 64.6 Å². The van der Waals surface area contributed by atoms with Crippen molar-refractivity contribution in [2.75, 3.05) is 26.7 Å². The maximum atomic E-state index is 13.2. The Balaban J connectivity index is 1.28. The Morgan fingerprint density at radius 1 is 1.10 bits per heavy atom. The number of carbonyl (C=O) groups excluding carboxylic acids is 2. The molecule has 7 heteroatoms. The Morgan fingerprint density at radius 3 is 2.77 bits per heavy atom. The van der Waals surface area contributed by atoms with Crippen LogP contribution in [0.5, 0.6) is 5.75 Å². The van der Waals surface area contributed by atoms with E-state index < -0.39 is 0 Å². The summed E-state index contributed by atoms with van der Waals surface area (Å²) < 4.78 is 5.26. The summed E-state index contributed by atoms with van der Waals surface area (Å²) in [6.07, 6.45) is 5.19. The van der Waals surface area contributed by atoms with Gasteiger partial charge in [0.15, 0.2) is 0 Å². The van der Waals surface area contributed by atoms with Crippen LogP contribution in [0, 0.1) is 5.92 Å². The molecule has 158 valence electrons. The van der Waals surface area contributed by atoms with Crippen molar-refractivity contribution >= 4 is 11.8 Å². The molecule has 0 unspecified atom stereocenters. The van der Waals surface area contributed by atoms with Crippen LogP contribution in [-0.2, 0) is 0 Å². The average Bonchev–Trinajstić information content (AvgIpc) is 3.53. The van der Waals surface area contributed by atoms with Gasteiger partial charge < -0.3 is 14.5 Å². The van der Waals surface area contributed by atoms with E-state index in [4.69, 9.17) is 4.74 Å². The molecule has 1 aliphatic carbocycles. The van der Waals surface area contributed by atoms with Crippen LogP contribution >= 0.6 is 0 Å². The monoisotopic (exact) mass is 408 g/mol. The van der Waals surface area contributed by atoms with E-state index >= 15 is 0 Å². The Labute approximate surface area is 176 Å². The zero-order valence-electron chi connectivity index (χ0n) is 17.3. The van der Waals surface area contributed by atoms with Gasteiger partial charge in [-0.3, -0.25) is 14.7 Å². The number of hydrogen-bond donors (Lipinski definition) is 1. The molecule has 2 saturated heterocycles. The van der Waals surface area contributed by atoms with E-state index in [9.17, 15) is 9.59 Å².